The summed E-state index contributed by atoms with van der Waals surface area (Å²) < 4.78 is 14.3. The molecule has 110 valence electrons. The SMILES string of the molecule is CCNc1nccc(C(=O)N2CCCC2C(C)C)c1F. The van der Waals surface area contributed by atoms with Gasteiger partial charge < -0.3 is 10.2 Å². The van der Waals surface area contributed by atoms with E-state index in [1.54, 1.807) is 4.90 Å². The van der Waals surface area contributed by atoms with Gasteiger partial charge in [-0.1, -0.05) is 13.8 Å². The molecule has 2 rings (SSSR count). The summed E-state index contributed by atoms with van der Waals surface area (Å²) in [4.78, 5) is 18.3. The largest absolute Gasteiger partial charge is 0.368 e. The van der Waals surface area contributed by atoms with Crippen molar-refractivity contribution in [3.63, 3.8) is 0 Å². The van der Waals surface area contributed by atoms with Crippen molar-refractivity contribution in [2.75, 3.05) is 18.4 Å². The summed E-state index contributed by atoms with van der Waals surface area (Å²) in [5.74, 6) is -0.229. The number of hydrogen-bond donors (Lipinski definition) is 1. The van der Waals surface area contributed by atoms with E-state index in [1.807, 2.05) is 6.92 Å². The van der Waals surface area contributed by atoms with Gasteiger partial charge in [-0.3, -0.25) is 4.79 Å². The molecule has 1 N–H and O–H groups in total. The van der Waals surface area contributed by atoms with Gasteiger partial charge in [-0.2, -0.15) is 0 Å². The number of anilines is 1. The standard InChI is InChI=1S/C15H22FN3O/c1-4-17-14-13(16)11(7-8-18-14)15(20)19-9-5-6-12(19)10(2)3/h7-8,10,12H,4-6,9H2,1-3H3,(H,17,18). The van der Waals surface area contributed by atoms with Gasteiger partial charge in [0, 0.05) is 25.3 Å². The second-order valence-electron chi connectivity index (χ2n) is 5.50. The van der Waals surface area contributed by atoms with E-state index in [4.69, 9.17) is 0 Å². The molecule has 1 fully saturated rings. The monoisotopic (exact) mass is 279 g/mol. The summed E-state index contributed by atoms with van der Waals surface area (Å²) in [5.41, 5.74) is 0.114. The van der Waals surface area contributed by atoms with E-state index in [9.17, 15) is 9.18 Å². The zero-order valence-corrected chi connectivity index (χ0v) is 12.3. The number of rotatable bonds is 4. The summed E-state index contributed by atoms with van der Waals surface area (Å²) in [6, 6.07) is 1.67. The maximum absolute atomic E-state index is 14.3. The Bertz CT molecular complexity index is 490. The third kappa shape index (κ3) is 2.76. The minimum atomic E-state index is -0.547. The van der Waals surface area contributed by atoms with Gasteiger partial charge in [0.15, 0.2) is 11.6 Å². The summed E-state index contributed by atoms with van der Waals surface area (Å²) >= 11 is 0. The first-order valence-corrected chi connectivity index (χ1v) is 7.25. The van der Waals surface area contributed by atoms with Crippen molar-refractivity contribution in [3.05, 3.63) is 23.6 Å². The number of nitrogens with zero attached hydrogens (tertiary/aromatic N) is 2. The van der Waals surface area contributed by atoms with Crippen LogP contribution >= 0.6 is 0 Å². The van der Waals surface area contributed by atoms with E-state index in [-0.39, 0.29) is 23.3 Å². The average molecular weight is 279 g/mol. The van der Waals surface area contributed by atoms with Crippen molar-refractivity contribution in [3.8, 4) is 0 Å². The number of carbonyl (C=O) groups is 1. The van der Waals surface area contributed by atoms with E-state index >= 15 is 0 Å². The predicted molar refractivity (Wildman–Crippen MR) is 77.3 cm³/mol. The highest BCUT2D eigenvalue weighted by Crippen LogP contribution is 2.27. The molecule has 0 spiro atoms. The van der Waals surface area contributed by atoms with Crippen LogP contribution in [-0.4, -0.2) is 34.9 Å². The molecule has 1 aliphatic rings. The van der Waals surface area contributed by atoms with E-state index in [1.165, 1.54) is 12.3 Å². The van der Waals surface area contributed by atoms with Crippen LogP contribution < -0.4 is 5.32 Å². The minimum Gasteiger partial charge on any atom is -0.368 e. The van der Waals surface area contributed by atoms with Gasteiger partial charge in [0.05, 0.1) is 5.56 Å². The van der Waals surface area contributed by atoms with Crippen LogP contribution in [0, 0.1) is 11.7 Å². The van der Waals surface area contributed by atoms with Crippen molar-refractivity contribution in [1.82, 2.24) is 9.88 Å². The van der Waals surface area contributed by atoms with E-state index in [0.29, 0.717) is 19.0 Å². The van der Waals surface area contributed by atoms with Gasteiger partial charge in [-0.15, -0.1) is 0 Å². The van der Waals surface area contributed by atoms with E-state index in [0.717, 1.165) is 12.8 Å². The van der Waals surface area contributed by atoms with E-state index in [2.05, 4.69) is 24.1 Å². The maximum atomic E-state index is 14.3. The first kappa shape index (κ1) is 14.8. The predicted octanol–water partition coefficient (Wildman–Crippen LogP) is 2.91. The lowest BCUT2D eigenvalue weighted by Gasteiger charge is -2.28. The quantitative estimate of drug-likeness (QED) is 0.921. The van der Waals surface area contributed by atoms with Crippen LogP contribution in [-0.2, 0) is 0 Å². The molecule has 0 aromatic carbocycles. The highest BCUT2D eigenvalue weighted by molar-refractivity contribution is 5.95. The number of hydrogen-bond acceptors (Lipinski definition) is 3. The highest BCUT2D eigenvalue weighted by atomic mass is 19.1. The number of aromatic nitrogens is 1. The molecule has 1 aromatic rings. The lowest BCUT2D eigenvalue weighted by molar-refractivity contribution is 0.0696. The molecule has 1 unspecified atom stereocenters. The average Bonchev–Trinajstić information content (AvgIpc) is 2.90. The van der Waals surface area contributed by atoms with Gasteiger partial charge in [0.1, 0.15) is 0 Å². The summed E-state index contributed by atoms with van der Waals surface area (Å²) in [7, 11) is 0. The van der Waals surface area contributed by atoms with Crippen LogP contribution in [0.15, 0.2) is 12.3 Å². The lowest BCUT2D eigenvalue weighted by Crippen LogP contribution is -2.39. The molecule has 0 aliphatic carbocycles. The summed E-state index contributed by atoms with van der Waals surface area (Å²) in [5, 5.41) is 2.84. The van der Waals surface area contributed by atoms with Crippen molar-refractivity contribution < 1.29 is 9.18 Å². The van der Waals surface area contributed by atoms with Crippen molar-refractivity contribution in [1.29, 1.82) is 0 Å². The number of pyridine rings is 1. The number of halogens is 1. The number of amides is 1. The third-order valence-electron chi connectivity index (χ3n) is 3.79. The zero-order valence-electron chi connectivity index (χ0n) is 12.3. The fourth-order valence-corrected chi connectivity index (χ4v) is 2.79. The summed E-state index contributed by atoms with van der Waals surface area (Å²) in [6.07, 6.45) is 3.46. The van der Waals surface area contributed by atoms with Crippen LogP contribution in [0.3, 0.4) is 0 Å². The molecule has 20 heavy (non-hydrogen) atoms. The summed E-state index contributed by atoms with van der Waals surface area (Å²) in [6.45, 7) is 7.34. The van der Waals surface area contributed by atoms with Crippen molar-refractivity contribution in [2.45, 2.75) is 39.7 Å². The topological polar surface area (TPSA) is 45.2 Å². The molecule has 0 saturated carbocycles. The smallest absolute Gasteiger partial charge is 0.257 e. The van der Waals surface area contributed by atoms with Crippen LogP contribution in [0.5, 0.6) is 0 Å². The normalized spacial score (nSPS) is 18.6. The fraction of sp³-hybridized carbons (Fsp3) is 0.600. The molecule has 2 heterocycles. The maximum Gasteiger partial charge on any atom is 0.257 e. The number of nitrogens with one attached hydrogen (secondary N) is 1. The lowest BCUT2D eigenvalue weighted by atomic mass is 10.0. The Hall–Kier alpha value is -1.65. The van der Waals surface area contributed by atoms with Gasteiger partial charge >= 0.3 is 0 Å². The van der Waals surface area contributed by atoms with Crippen LogP contribution in [0.4, 0.5) is 10.2 Å². The second kappa shape index (κ2) is 6.20. The first-order chi connectivity index (χ1) is 9.56. The third-order valence-corrected chi connectivity index (χ3v) is 3.79. The molecular weight excluding hydrogens is 257 g/mol. The Balaban J connectivity index is 2.27. The fourth-order valence-electron chi connectivity index (χ4n) is 2.79. The molecular formula is C15H22FN3O. The first-order valence-electron chi connectivity index (χ1n) is 7.25. The Labute approximate surface area is 119 Å². The molecule has 5 heteroatoms. The Kier molecular flexibility index (Phi) is 4.57. The molecule has 4 nitrogen and oxygen atoms in total. The molecule has 0 bridgehead atoms. The van der Waals surface area contributed by atoms with Crippen molar-refractivity contribution >= 4 is 11.7 Å². The number of likely N-dealkylation sites (tertiary alicyclic amines) is 1. The van der Waals surface area contributed by atoms with Crippen LogP contribution in [0.2, 0.25) is 0 Å². The zero-order chi connectivity index (χ0) is 14.7. The van der Waals surface area contributed by atoms with Crippen molar-refractivity contribution in [2.24, 2.45) is 5.92 Å². The second-order valence-corrected chi connectivity index (χ2v) is 5.50. The Morgan fingerprint density at radius 2 is 2.35 bits per heavy atom. The molecule has 1 saturated heterocycles. The minimum absolute atomic E-state index is 0.114. The Morgan fingerprint density at radius 1 is 1.60 bits per heavy atom. The van der Waals surface area contributed by atoms with E-state index < -0.39 is 5.82 Å². The van der Waals surface area contributed by atoms with Crippen LogP contribution in [0.25, 0.3) is 0 Å². The highest BCUT2D eigenvalue weighted by Gasteiger charge is 2.32. The number of carbonyl (C=O) groups excluding carboxylic acids is 1. The van der Waals surface area contributed by atoms with Gasteiger partial charge in [-0.05, 0) is 31.7 Å². The molecule has 1 aliphatic heterocycles. The Morgan fingerprint density at radius 3 is 3.00 bits per heavy atom. The van der Waals surface area contributed by atoms with Gasteiger partial charge in [0.2, 0.25) is 0 Å². The molecule has 1 amide bonds. The molecule has 0 radical (unpaired) electrons. The van der Waals surface area contributed by atoms with Gasteiger partial charge in [-0.25, -0.2) is 9.37 Å². The van der Waals surface area contributed by atoms with Gasteiger partial charge in [0.25, 0.3) is 5.91 Å². The molecule has 1 atom stereocenters. The molecule has 1 aromatic heterocycles. The van der Waals surface area contributed by atoms with Crippen LogP contribution in [0.1, 0.15) is 44.0 Å².